The van der Waals surface area contributed by atoms with Crippen LogP contribution in [0, 0.1) is 6.92 Å². The molecule has 0 saturated heterocycles. The van der Waals surface area contributed by atoms with Crippen LogP contribution < -0.4 is 14.8 Å². The number of hydrogen-bond donors (Lipinski definition) is 1. The van der Waals surface area contributed by atoms with Crippen LogP contribution in [0.5, 0.6) is 11.5 Å². The summed E-state index contributed by atoms with van der Waals surface area (Å²) in [5, 5.41) is 3.22. The zero-order chi connectivity index (χ0) is 15.5. The number of ether oxygens (including phenoxy) is 2. The molecule has 114 valence electrons. The van der Waals surface area contributed by atoms with Gasteiger partial charge in [0.1, 0.15) is 19.0 Å². The number of fused-ring (bicyclic) bond motifs is 1. The van der Waals surface area contributed by atoms with E-state index in [1.54, 1.807) is 18.3 Å². The van der Waals surface area contributed by atoms with Crippen LogP contribution in [0.4, 0.5) is 5.82 Å². The van der Waals surface area contributed by atoms with Crippen molar-refractivity contribution in [1.82, 2.24) is 4.98 Å². The molecule has 1 aromatic heterocycles. The van der Waals surface area contributed by atoms with Crippen LogP contribution in [0.1, 0.15) is 11.1 Å². The van der Waals surface area contributed by atoms with E-state index < -0.39 is 0 Å². The van der Waals surface area contributed by atoms with E-state index >= 15 is 0 Å². The van der Waals surface area contributed by atoms with Gasteiger partial charge in [0, 0.05) is 6.20 Å². The summed E-state index contributed by atoms with van der Waals surface area (Å²) in [6.45, 7) is 2.90. The van der Waals surface area contributed by atoms with Gasteiger partial charge in [-0.3, -0.25) is 4.79 Å². The number of nitrogens with zero attached hydrogens (tertiary/aromatic N) is 1. The number of halogens is 1. The average Bonchev–Trinajstić information content (AvgIpc) is 2.47. The molecule has 2 heterocycles. The Morgan fingerprint density at radius 2 is 2.14 bits per heavy atom. The van der Waals surface area contributed by atoms with Crippen molar-refractivity contribution in [2.75, 3.05) is 18.5 Å². The molecule has 1 N–H and O–H groups in total. The van der Waals surface area contributed by atoms with Crippen LogP contribution in [0.2, 0.25) is 5.02 Å². The molecular formula is C16H15ClN2O3. The predicted octanol–water partition coefficient (Wildman–Crippen LogP) is 3.00. The predicted molar refractivity (Wildman–Crippen MR) is 83.7 cm³/mol. The number of benzene rings is 1. The fourth-order valence-corrected chi connectivity index (χ4v) is 2.53. The molecule has 3 rings (SSSR count). The third-order valence-corrected chi connectivity index (χ3v) is 3.48. The van der Waals surface area contributed by atoms with Crippen LogP contribution in [0.3, 0.4) is 0 Å². The number of aromatic nitrogens is 1. The summed E-state index contributed by atoms with van der Waals surface area (Å²) in [6.07, 6.45) is 1.85. The van der Waals surface area contributed by atoms with Gasteiger partial charge in [-0.25, -0.2) is 4.98 Å². The van der Waals surface area contributed by atoms with E-state index in [1.807, 2.05) is 19.1 Å². The number of rotatable bonds is 3. The maximum atomic E-state index is 12.1. The van der Waals surface area contributed by atoms with E-state index in [0.717, 1.165) is 11.1 Å². The molecule has 1 aliphatic rings. The van der Waals surface area contributed by atoms with Crippen LogP contribution in [0.25, 0.3) is 0 Å². The zero-order valence-corrected chi connectivity index (χ0v) is 12.8. The van der Waals surface area contributed by atoms with Crippen molar-refractivity contribution < 1.29 is 14.3 Å². The minimum absolute atomic E-state index is 0.161. The molecule has 0 spiro atoms. The van der Waals surface area contributed by atoms with Crippen molar-refractivity contribution in [3.8, 4) is 11.5 Å². The average molecular weight is 319 g/mol. The van der Waals surface area contributed by atoms with Gasteiger partial charge in [0.15, 0.2) is 11.5 Å². The van der Waals surface area contributed by atoms with Crippen molar-refractivity contribution >= 4 is 23.3 Å². The molecule has 0 unspecified atom stereocenters. The van der Waals surface area contributed by atoms with Crippen molar-refractivity contribution in [3.63, 3.8) is 0 Å². The van der Waals surface area contributed by atoms with Crippen molar-refractivity contribution in [2.24, 2.45) is 0 Å². The molecule has 0 aliphatic carbocycles. The first-order valence-electron chi connectivity index (χ1n) is 6.92. The summed E-state index contributed by atoms with van der Waals surface area (Å²) in [6, 6.07) is 7.19. The summed E-state index contributed by atoms with van der Waals surface area (Å²) >= 11 is 6.16. The molecule has 2 aromatic rings. The summed E-state index contributed by atoms with van der Waals surface area (Å²) in [5.74, 6) is 1.49. The Kier molecular flexibility index (Phi) is 4.15. The van der Waals surface area contributed by atoms with Crippen molar-refractivity contribution in [1.29, 1.82) is 0 Å². The first-order chi connectivity index (χ1) is 10.6. The van der Waals surface area contributed by atoms with Gasteiger partial charge in [-0.15, -0.1) is 0 Å². The fraction of sp³-hybridized carbons (Fsp3) is 0.250. The molecule has 0 radical (unpaired) electrons. The number of amides is 1. The fourth-order valence-electron chi connectivity index (χ4n) is 2.24. The third-order valence-electron chi connectivity index (χ3n) is 3.20. The highest BCUT2D eigenvalue weighted by Crippen LogP contribution is 2.38. The lowest BCUT2D eigenvalue weighted by Gasteiger charge is -2.20. The van der Waals surface area contributed by atoms with Gasteiger partial charge in [-0.1, -0.05) is 11.6 Å². The summed E-state index contributed by atoms with van der Waals surface area (Å²) in [5.41, 5.74) is 1.80. The SMILES string of the molecule is Cc1ccnc(NC(=O)Cc2cc(Cl)c3c(c2)OCCO3)c1. The Hall–Kier alpha value is -2.27. The quantitative estimate of drug-likeness (QED) is 0.945. The minimum atomic E-state index is -0.161. The van der Waals surface area contributed by atoms with E-state index in [4.69, 9.17) is 21.1 Å². The molecule has 0 fully saturated rings. The molecule has 5 nitrogen and oxygen atoms in total. The van der Waals surface area contributed by atoms with Gasteiger partial charge in [0.05, 0.1) is 11.4 Å². The number of hydrogen-bond acceptors (Lipinski definition) is 4. The molecular weight excluding hydrogens is 304 g/mol. The summed E-state index contributed by atoms with van der Waals surface area (Å²) in [7, 11) is 0. The van der Waals surface area contributed by atoms with Gasteiger partial charge >= 0.3 is 0 Å². The largest absolute Gasteiger partial charge is 0.486 e. The molecule has 0 atom stereocenters. The van der Waals surface area contributed by atoms with E-state index in [1.165, 1.54) is 0 Å². The molecule has 0 bridgehead atoms. The lowest BCUT2D eigenvalue weighted by molar-refractivity contribution is -0.115. The number of nitrogens with one attached hydrogen (secondary N) is 1. The van der Waals surface area contributed by atoms with Crippen LogP contribution in [-0.2, 0) is 11.2 Å². The van der Waals surface area contributed by atoms with Crippen molar-refractivity contribution in [3.05, 3.63) is 46.6 Å². The maximum Gasteiger partial charge on any atom is 0.229 e. The molecule has 1 aliphatic heterocycles. The minimum Gasteiger partial charge on any atom is -0.486 e. The number of carbonyl (C=O) groups is 1. The normalized spacial score (nSPS) is 12.8. The lowest BCUT2D eigenvalue weighted by Crippen LogP contribution is -2.18. The Labute approximate surface area is 133 Å². The third kappa shape index (κ3) is 3.31. The van der Waals surface area contributed by atoms with E-state index in [-0.39, 0.29) is 12.3 Å². The van der Waals surface area contributed by atoms with Gasteiger partial charge < -0.3 is 14.8 Å². The molecule has 22 heavy (non-hydrogen) atoms. The van der Waals surface area contributed by atoms with E-state index in [9.17, 15) is 4.79 Å². The van der Waals surface area contributed by atoms with Gasteiger partial charge in [0.25, 0.3) is 0 Å². The number of aryl methyl sites for hydroxylation is 1. The topological polar surface area (TPSA) is 60.5 Å². The van der Waals surface area contributed by atoms with E-state index in [0.29, 0.717) is 35.6 Å². The molecule has 6 heteroatoms. The smallest absolute Gasteiger partial charge is 0.229 e. The Morgan fingerprint density at radius 3 is 2.95 bits per heavy atom. The number of carbonyl (C=O) groups excluding carboxylic acids is 1. The first kappa shape index (κ1) is 14.7. The van der Waals surface area contributed by atoms with Gasteiger partial charge in [0.2, 0.25) is 5.91 Å². The maximum absolute atomic E-state index is 12.1. The standard InChI is InChI=1S/C16H15ClN2O3/c1-10-2-3-18-14(6-10)19-15(20)9-11-7-12(17)16-13(8-11)21-4-5-22-16/h2-3,6-8H,4-5,9H2,1H3,(H,18,19,20). The van der Waals surface area contributed by atoms with Gasteiger partial charge in [-0.2, -0.15) is 0 Å². The summed E-state index contributed by atoms with van der Waals surface area (Å²) < 4.78 is 11.0. The highest BCUT2D eigenvalue weighted by Gasteiger charge is 2.17. The van der Waals surface area contributed by atoms with Crippen LogP contribution in [-0.4, -0.2) is 24.1 Å². The highest BCUT2D eigenvalue weighted by atomic mass is 35.5. The molecule has 0 saturated carbocycles. The summed E-state index contributed by atoms with van der Waals surface area (Å²) in [4.78, 5) is 16.2. The highest BCUT2D eigenvalue weighted by molar-refractivity contribution is 6.32. The Balaban J connectivity index is 1.73. The van der Waals surface area contributed by atoms with Crippen LogP contribution in [0.15, 0.2) is 30.5 Å². The lowest BCUT2D eigenvalue weighted by atomic mass is 10.1. The second-order valence-electron chi connectivity index (χ2n) is 5.05. The zero-order valence-electron chi connectivity index (χ0n) is 12.1. The van der Waals surface area contributed by atoms with Crippen molar-refractivity contribution in [2.45, 2.75) is 13.3 Å². The Morgan fingerprint density at radius 1 is 1.32 bits per heavy atom. The number of anilines is 1. The van der Waals surface area contributed by atoms with Gasteiger partial charge in [-0.05, 0) is 42.3 Å². The second-order valence-corrected chi connectivity index (χ2v) is 5.45. The first-order valence-corrected chi connectivity index (χ1v) is 7.30. The number of pyridine rings is 1. The molecule has 1 amide bonds. The monoisotopic (exact) mass is 318 g/mol. The molecule has 1 aromatic carbocycles. The second kappa shape index (κ2) is 6.23. The Bertz CT molecular complexity index is 719. The van der Waals surface area contributed by atoms with Crippen LogP contribution >= 0.6 is 11.6 Å². The van der Waals surface area contributed by atoms with E-state index in [2.05, 4.69) is 10.3 Å².